The van der Waals surface area contributed by atoms with Gasteiger partial charge in [-0.25, -0.2) is 0 Å². The molecule has 0 fully saturated rings. The lowest BCUT2D eigenvalue weighted by atomic mass is 10.1. The number of hydrogen-bond donors (Lipinski definition) is 0. The topological polar surface area (TPSA) is 30.0 Å². The summed E-state index contributed by atoms with van der Waals surface area (Å²) in [6.45, 7) is 0. The highest BCUT2D eigenvalue weighted by molar-refractivity contribution is 14.1. The number of halogens is 1. The first kappa shape index (κ1) is 12.0. The first-order valence-corrected chi connectivity index (χ1v) is 6.21. The van der Waals surface area contributed by atoms with Crippen LogP contribution in [0.3, 0.4) is 0 Å². The second kappa shape index (κ2) is 5.72. The molecule has 0 spiro atoms. The molecule has 0 atom stereocenters. The summed E-state index contributed by atoms with van der Waals surface area (Å²) in [4.78, 5) is 15.8. The fourth-order valence-corrected chi connectivity index (χ4v) is 1.72. The Bertz CT molecular complexity index is 532. The van der Waals surface area contributed by atoms with Crippen molar-refractivity contribution in [3.05, 3.63) is 69.6 Å². The van der Waals surface area contributed by atoms with E-state index in [0.717, 1.165) is 9.13 Å². The molecule has 0 saturated heterocycles. The van der Waals surface area contributed by atoms with Crippen molar-refractivity contribution in [3.8, 4) is 0 Å². The SMILES string of the molecule is O=C(C=Cc1cccnc1)c1ccc(I)cc1. The lowest BCUT2D eigenvalue weighted by molar-refractivity contribution is 0.104. The van der Waals surface area contributed by atoms with Gasteiger partial charge in [0, 0.05) is 21.5 Å². The van der Waals surface area contributed by atoms with Crippen LogP contribution in [0.1, 0.15) is 15.9 Å². The van der Waals surface area contributed by atoms with Gasteiger partial charge in [0.2, 0.25) is 0 Å². The Hall–Kier alpha value is -1.49. The molecule has 0 bridgehead atoms. The zero-order chi connectivity index (χ0) is 12.1. The van der Waals surface area contributed by atoms with Crippen molar-refractivity contribution in [1.29, 1.82) is 0 Å². The van der Waals surface area contributed by atoms with Crippen LogP contribution in [0.25, 0.3) is 6.08 Å². The highest BCUT2D eigenvalue weighted by atomic mass is 127. The van der Waals surface area contributed by atoms with Crippen LogP contribution in [0.2, 0.25) is 0 Å². The minimum Gasteiger partial charge on any atom is -0.289 e. The van der Waals surface area contributed by atoms with Crippen molar-refractivity contribution in [2.24, 2.45) is 0 Å². The number of hydrogen-bond acceptors (Lipinski definition) is 2. The van der Waals surface area contributed by atoms with Crippen LogP contribution < -0.4 is 0 Å². The van der Waals surface area contributed by atoms with E-state index in [9.17, 15) is 4.79 Å². The molecular formula is C14H10INO. The fourth-order valence-electron chi connectivity index (χ4n) is 1.36. The molecule has 0 amide bonds. The molecule has 2 nitrogen and oxygen atoms in total. The Kier molecular flexibility index (Phi) is 4.03. The summed E-state index contributed by atoms with van der Waals surface area (Å²) in [6.07, 6.45) is 6.77. The zero-order valence-corrected chi connectivity index (χ0v) is 11.2. The number of ketones is 1. The number of pyridine rings is 1. The van der Waals surface area contributed by atoms with E-state index < -0.39 is 0 Å². The lowest BCUT2D eigenvalue weighted by Crippen LogP contribution is -1.93. The second-order valence-electron chi connectivity index (χ2n) is 3.49. The normalized spacial score (nSPS) is 10.6. The highest BCUT2D eigenvalue weighted by Crippen LogP contribution is 2.09. The van der Waals surface area contributed by atoms with Crippen molar-refractivity contribution in [1.82, 2.24) is 4.98 Å². The van der Waals surface area contributed by atoms with Gasteiger partial charge in [-0.3, -0.25) is 9.78 Å². The molecule has 0 aliphatic carbocycles. The smallest absolute Gasteiger partial charge is 0.185 e. The maximum absolute atomic E-state index is 11.8. The monoisotopic (exact) mass is 335 g/mol. The Labute approximate surface area is 114 Å². The Morgan fingerprint density at radius 1 is 1.18 bits per heavy atom. The number of carbonyl (C=O) groups is 1. The molecule has 1 heterocycles. The number of nitrogens with zero attached hydrogens (tertiary/aromatic N) is 1. The van der Waals surface area contributed by atoms with Crippen LogP contribution in [-0.2, 0) is 0 Å². The molecular weight excluding hydrogens is 325 g/mol. The fraction of sp³-hybridized carbons (Fsp3) is 0. The average molecular weight is 335 g/mol. The van der Waals surface area contributed by atoms with Crippen LogP contribution in [0.4, 0.5) is 0 Å². The number of aromatic nitrogens is 1. The third-order valence-corrected chi connectivity index (χ3v) is 2.96. The molecule has 3 heteroatoms. The van der Waals surface area contributed by atoms with E-state index in [1.165, 1.54) is 0 Å². The third kappa shape index (κ3) is 3.49. The average Bonchev–Trinajstić information content (AvgIpc) is 2.38. The first-order valence-electron chi connectivity index (χ1n) is 5.14. The van der Waals surface area contributed by atoms with E-state index in [-0.39, 0.29) is 5.78 Å². The summed E-state index contributed by atoms with van der Waals surface area (Å²) < 4.78 is 1.12. The predicted molar refractivity (Wildman–Crippen MR) is 76.8 cm³/mol. The summed E-state index contributed by atoms with van der Waals surface area (Å²) in [6, 6.07) is 11.3. The summed E-state index contributed by atoms with van der Waals surface area (Å²) in [5.41, 5.74) is 1.62. The van der Waals surface area contributed by atoms with Gasteiger partial charge in [-0.2, -0.15) is 0 Å². The van der Waals surface area contributed by atoms with Gasteiger partial charge in [0.1, 0.15) is 0 Å². The molecule has 84 valence electrons. The zero-order valence-electron chi connectivity index (χ0n) is 9.01. The van der Waals surface area contributed by atoms with Crippen LogP contribution in [0.15, 0.2) is 54.9 Å². The Balaban J connectivity index is 2.12. The van der Waals surface area contributed by atoms with E-state index in [4.69, 9.17) is 0 Å². The summed E-state index contributed by atoms with van der Waals surface area (Å²) in [7, 11) is 0. The van der Waals surface area contributed by atoms with Gasteiger partial charge in [-0.05, 0) is 58.5 Å². The van der Waals surface area contributed by atoms with E-state index in [2.05, 4.69) is 27.6 Å². The van der Waals surface area contributed by atoms with Crippen molar-refractivity contribution in [2.45, 2.75) is 0 Å². The van der Waals surface area contributed by atoms with Crippen molar-refractivity contribution in [3.63, 3.8) is 0 Å². The van der Waals surface area contributed by atoms with Crippen molar-refractivity contribution < 1.29 is 4.79 Å². The first-order chi connectivity index (χ1) is 8.25. The molecule has 0 aliphatic rings. The van der Waals surface area contributed by atoms with Crippen LogP contribution in [0, 0.1) is 3.57 Å². The standard InChI is InChI=1S/C14H10INO/c15-13-6-4-12(5-7-13)14(17)8-3-11-2-1-9-16-10-11/h1-10H. The molecule has 0 radical (unpaired) electrons. The van der Waals surface area contributed by atoms with Crippen molar-refractivity contribution in [2.75, 3.05) is 0 Å². The molecule has 2 aromatic rings. The number of allylic oxidation sites excluding steroid dienone is 1. The summed E-state index contributed by atoms with van der Waals surface area (Å²) >= 11 is 2.21. The number of benzene rings is 1. The highest BCUT2D eigenvalue weighted by Gasteiger charge is 2.00. The van der Waals surface area contributed by atoms with Gasteiger partial charge in [0.05, 0.1) is 0 Å². The van der Waals surface area contributed by atoms with E-state index in [0.29, 0.717) is 5.56 Å². The lowest BCUT2D eigenvalue weighted by Gasteiger charge is -1.96. The maximum atomic E-state index is 11.8. The molecule has 1 aromatic carbocycles. The molecule has 17 heavy (non-hydrogen) atoms. The molecule has 0 N–H and O–H groups in total. The van der Waals surface area contributed by atoms with E-state index in [1.54, 1.807) is 24.5 Å². The van der Waals surface area contributed by atoms with Gasteiger partial charge in [0.25, 0.3) is 0 Å². The second-order valence-corrected chi connectivity index (χ2v) is 4.74. The molecule has 0 aliphatic heterocycles. The van der Waals surface area contributed by atoms with Crippen LogP contribution in [0.5, 0.6) is 0 Å². The van der Waals surface area contributed by atoms with Gasteiger partial charge >= 0.3 is 0 Å². The molecule has 0 saturated carbocycles. The minimum absolute atomic E-state index is 0.00486. The van der Waals surface area contributed by atoms with Gasteiger partial charge in [-0.1, -0.05) is 18.2 Å². The molecule has 2 rings (SSSR count). The molecule has 1 aromatic heterocycles. The third-order valence-electron chi connectivity index (χ3n) is 2.24. The minimum atomic E-state index is 0.00486. The summed E-state index contributed by atoms with van der Waals surface area (Å²) in [5, 5.41) is 0. The number of carbonyl (C=O) groups excluding carboxylic acids is 1. The van der Waals surface area contributed by atoms with Gasteiger partial charge < -0.3 is 0 Å². The Morgan fingerprint density at radius 2 is 1.94 bits per heavy atom. The van der Waals surface area contributed by atoms with Gasteiger partial charge in [0.15, 0.2) is 5.78 Å². The Morgan fingerprint density at radius 3 is 2.59 bits per heavy atom. The van der Waals surface area contributed by atoms with E-state index in [1.807, 2.05) is 36.4 Å². The number of rotatable bonds is 3. The van der Waals surface area contributed by atoms with E-state index >= 15 is 0 Å². The quantitative estimate of drug-likeness (QED) is 0.488. The largest absolute Gasteiger partial charge is 0.289 e. The summed E-state index contributed by atoms with van der Waals surface area (Å²) in [5.74, 6) is 0.00486. The van der Waals surface area contributed by atoms with Gasteiger partial charge in [-0.15, -0.1) is 0 Å². The van der Waals surface area contributed by atoms with Crippen molar-refractivity contribution >= 4 is 34.5 Å². The predicted octanol–water partition coefficient (Wildman–Crippen LogP) is 3.58. The van der Waals surface area contributed by atoms with Crippen LogP contribution >= 0.6 is 22.6 Å². The maximum Gasteiger partial charge on any atom is 0.185 e. The van der Waals surface area contributed by atoms with Crippen LogP contribution in [-0.4, -0.2) is 10.8 Å². The molecule has 0 unspecified atom stereocenters.